The molecule has 2 saturated carbocycles. The Labute approximate surface area is 290 Å². The summed E-state index contributed by atoms with van der Waals surface area (Å²) in [5.74, 6) is -4.29. The lowest BCUT2D eigenvalue weighted by molar-refractivity contribution is -0.346. The van der Waals surface area contributed by atoms with E-state index in [1.807, 2.05) is 0 Å². The maximum absolute atomic E-state index is 14.4. The summed E-state index contributed by atoms with van der Waals surface area (Å²) in [7, 11) is 0. The molecule has 6 N–H and O–H groups in total. The minimum atomic E-state index is -2.27. The monoisotopic (exact) mass is 703 g/mol. The van der Waals surface area contributed by atoms with Crippen molar-refractivity contribution in [3.63, 3.8) is 0 Å². The zero-order chi connectivity index (χ0) is 37.4. The van der Waals surface area contributed by atoms with Crippen LogP contribution in [-0.4, -0.2) is 109 Å². The van der Waals surface area contributed by atoms with E-state index in [0.29, 0.717) is 5.56 Å². The predicted octanol–water partition coefficient (Wildman–Crippen LogP) is 1.39. The predicted molar refractivity (Wildman–Crippen MR) is 174 cm³/mol. The molecular weight excluding hydrogens is 654 g/mol. The number of carbonyl (C=O) groups excluding carboxylic acids is 4. The van der Waals surface area contributed by atoms with Crippen molar-refractivity contribution >= 4 is 23.8 Å². The lowest BCUT2D eigenvalue weighted by Crippen LogP contribution is -2.81. The van der Waals surface area contributed by atoms with Gasteiger partial charge in [-0.3, -0.25) is 9.59 Å². The molecule has 1 amide bonds. The van der Waals surface area contributed by atoms with Crippen molar-refractivity contribution in [2.75, 3.05) is 6.61 Å². The van der Waals surface area contributed by atoms with Gasteiger partial charge in [0, 0.05) is 31.1 Å². The molecule has 50 heavy (non-hydrogen) atoms. The number of carbonyl (C=O) groups is 4. The molecule has 14 nitrogen and oxygen atoms in total. The van der Waals surface area contributed by atoms with Crippen molar-refractivity contribution in [3.05, 3.63) is 47.0 Å². The maximum Gasteiger partial charge on any atom is 0.408 e. The molecule has 14 heteroatoms. The molecule has 3 fully saturated rings. The summed E-state index contributed by atoms with van der Waals surface area (Å²) in [4.78, 5) is 53.3. The van der Waals surface area contributed by atoms with Crippen LogP contribution in [0.1, 0.15) is 79.8 Å². The Bertz CT molecular complexity index is 1570. The maximum atomic E-state index is 14.4. The molecule has 1 heterocycles. The number of hydrogen-bond acceptors (Lipinski definition) is 13. The summed E-state index contributed by atoms with van der Waals surface area (Å²) in [6.07, 6.45) is -11.1. The zero-order valence-corrected chi connectivity index (χ0v) is 29.6. The number of amides is 1. The van der Waals surface area contributed by atoms with Crippen LogP contribution in [0.2, 0.25) is 0 Å². The first kappa shape index (κ1) is 37.8. The number of Topliss-reactive ketones (excluding diaryl/α,β-unsaturated/α-hetero) is 1. The Morgan fingerprint density at radius 3 is 2.22 bits per heavy atom. The fourth-order valence-electron chi connectivity index (χ4n) is 8.68. The molecular formula is C36H49NO13. The van der Waals surface area contributed by atoms with Crippen LogP contribution in [0.3, 0.4) is 0 Å². The number of ether oxygens (including phenoxy) is 4. The number of esters is 2. The quantitative estimate of drug-likeness (QED) is 0.140. The van der Waals surface area contributed by atoms with E-state index in [1.165, 1.54) is 27.7 Å². The minimum absolute atomic E-state index is 0.0329. The van der Waals surface area contributed by atoms with Crippen LogP contribution in [-0.2, 0) is 33.3 Å². The lowest BCUT2D eigenvalue weighted by Gasteiger charge is -2.67. The van der Waals surface area contributed by atoms with Gasteiger partial charge in [0.1, 0.15) is 29.5 Å². The molecule has 0 spiro atoms. The third kappa shape index (κ3) is 5.83. The highest BCUT2D eigenvalue weighted by Gasteiger charge is 2.76. The normalized spacial score (nSPS) is 37.4. The molecule has 5 rings (SSSR count). The fourth-order valence-corrected chi connectivity index (χ4v) is 8.68. The van der Waals surface area contributed by atoms with Crippen LogP contribution in [0.25, 0.3) is 0 Å². The molecule has 0 radical (unpaired) electrons. The summed E-state index contributed by atoms with van der Waals surface area (Å²) < 4.78 is 22.6. The van der Waals surface area contributed by atoms with Crippen molar-refractivity contribution in [2.45, 2.75) is 128 Å². The molecule has 1 aromatic carbocycles. The Balaban J connectivity index is 1.56. The number of alkyl carbamates (subject to hydrolysis) is 1. The van der Waals surface area contributed by atoms with Gasteiger partial charge >= 0.3 is 18.0 Å². The van der Waals surface area contributed by atoms with Gasteiger partial charge in [-0.05, 0) is 51.3 Å². The van der Waals surface area contributed by atoms with Gasteiger partial charge in [0.05, 0.1) is 30.3 Å². The van der Waals surface area contributed by atoms with Crippen molar-refractivity contribution in [1.29, 1.82) is 0 Å². The van der Waals surface area contributed by atoms with E-state index >= 15 is 0 Å². The number of benzene rings is 1. The van der Waals surface area contributed by atoms with E-state index in [4.69, 9.17) is 18.9 Å². The molecule has 11 atom stereocenters. The summed E-state index contributed by atoms with van der Waals surface area (Å²) in [6, 6.07) is 6.84. The summed E-state index contributed by atoms with van der Waals surface area (Å²) in [5.41, 5.74) is -7.74. The zero-order valence-electron chi connectivity index (χ0n) is 29.6. The Kier molecular flexibility index (Phi) is 9.59. The summed E-state index contributed by atoms with van der Waals surface area (Å²) in [5, 5.41) is 62.2. The van der Waals surface area contributed by atoms with Crippen LogP contribution in [0.5, 0.6) is 0 Å². The van der Waals surface area contributed by atoms with Crippen molar-refractivity contribution in [3.8, 4) is 0 Å². The van der Waals surface area contributed by atoms with Gasteiger partial charge in [0.15, 0.2) is 17.5 Å². The molecule has 11 unspecified atom stereocenters. The first-order chi connectivity index (χ1) is 23.0. The lowest BCUT2D eigenvalue weighted by atomic mass is 9.44. The molecule has 4 aliphatic rings. The van der Waals surface area contributed by atoms with E-state index in [2.05, 4.69) is 5.32 Å². The fraction of sp³-hybridized carbons (Fsp3) is 0.667. The largest absolute Gasteiger partial charge is 0.456 e. The Hall–Kier alpha value is -3.40. The SMILES string of the molecule is CC(=O)OC12COC1CC(O)C1(C)C(=O)C(O)C3=C(C)C(OC(=O)C(O)C(NC(=O)OC(C)(C)C)c4ccccc4)CC(O)(C(O)C21)C3(C)C. The van der Waals surface area contributed by atoms with E-state index in [-0.39, 0.29) is 24.2 Å². The Morgan fingerprint density at radius 2 is 1.68 bits per heavy atom. The molecule has 276 valence electrons. The third-order valence-electron chi connectivity index (χ3n) is 11.4. The molecule has 3 aliphatic carbocycles. The Morgan fingerprint density at radius 1 is 1.06 bits per heavy atom. The molecule has 1 saturated heterocycles. The summed E-state index contributed by atoms with van der Waals surface area (Å²) in [6.45, 7) is 11.8. The number of aliphatic hydroxyl groups excluding tert-OH is 4. The van der Waals surface area contributed by atoms with Gasteiger partial charge < -0.3 is 49.8 Å². The second kappa shape index (κ2) is 12.7. The van der Waals surface area contributed by atoms with Crippen LogP contribution in [0, 0.1) is 16.7 Å². The third-order valence-corrected chi connectivity index (χ3v) is 11.4. The van der Waals surface area contributed by atoms with Crippen molar-refractivity contribution in [1.82, 2.24) is 5.32 Å². The van der Waals surface area contributed by atoms with Crippen LogP contribution in [0.15, 0.2) is 41.5 Å². The first-order valence-electron chi connectivity index (χ1n) is 16.8. The number of aliphatic hydroxyl groups is 5. The van der Waals surface area contributed by atoms with Gasteiger partial charge in [-0.2, -0.15) is 0 Å². The highest BCUT2D eigenvalue weighted by Crippen LogP contribution is 2.63. The second-order valence-corrected chi connectivity index (χ2v) is 15.8. The highest BCUT2D eigenvalue weighted by molar-refractivity contribution is 5.93. The smallest absolute Gasteiger partial charge is 0.408 e. The number of hydrogen-bond donors (Lipinski definition) is 6. The average Bonchev–Trinajstić information content (AvgIpc) is 3.01. The first-order valence-corrected chi connectivity index (χ1v) is 16.8. The number of ketones is 1. The topological polar surface area (TPSA) is 218 Å². The number of rotatable bonds is 6. The highest BCUT2D eigenvalue weighted by atomic mass is 16.6. The van der Waals surface area contributed by atoms with E-state index in [1.54, 1.807) is 51.1 Å². The number of fused-ring (bicyclic) bond motifs is 5. The van der Waals surface area contributed by atoms with E-state index in [9.17, 15) is 44.7 Å². The molecule has 0 aromatic heterocycles. The molecule has 1 aromatic rings. The van der Waals surface area contributed by atoms with Gasteiger partial charge in [-0.1, -0.05) is 44.2 Å². The second-order valence-electron chi connectivity index (χ2n) is 15.8. The van der Waals surface area contributed by atoms with Crippen LogP contribution >= 0.6 is 0 Å². The van der Waals surface area contributed by atoms with E-state index < -0.39 is 106 Å². The molecule has 2 bridgehead atoms. The standard InChI is InChI=1S/C36H49NO13/c1-17-20(48-30(44)26(41)24(19-12-10-9-11-13-19)37-31(45)50-32(3,4)5)15-36(46)29(43)27-34(8,28(42)25(40)23(17)33(36,6)7)21(39)14-22-35(27,16-47-22)49-18(2)38/h9-13,20-22,24-27,29,39-41,43,46H,14-16H2,1-8H3,(H,37,45). The van der Waals surface area contributed by atoms with Crippen LogP contribution in [0.4, 0.5) is 4.79 Å². The summed E-state index contributed by atoms with van der Waals surface area (Å²) >= 11 is 0. The van der Waals surface area contributed by atoms with E-state index in [0.717, 1.165) is 6.92 Å². The van der Waals surface area contributed by atoms with Gasteiger partial charge in [0.25, 0.3) is 0 Å². The van der Waals surface area contributed by atoms with Crippen molar-refractivity contribution < 1.29 is 63.7 Å². The minimum Gasteiger partial charge on any atom is -0.456 e. The van der Waals surface area contributed by atoms with Crippen molar-refractivity contribution in [2.24, 2.45) is 16.7 Å². The van der Waals surface area contributed by atoms with Gasteiger partial charge in [-0.25, -0.2) is 9.59 Å². The molecule has 1 aliphatic heterocycles. The van der Waals surface area contributed by atoms with Gasteiger partial charge in [-0.15, -0.1) is 0 Å². The number of nitrogens with one attached hydrogen (secondary N) is 1. The van der Waals surface area contributed by atoms with Gasteiger partial charge in [0.2, 0.25) is 0 Å². The van der Waals surface area contributed by atoms with Crippen LogP contribution < -0.4 is 5.32 Å². The average molecular weight is 704 g/mol.